The Morgan fingerprint density at radius 3 is 2.88 bits per heavy atom. The molecule has 0 radical (unpaired) electrons. The lowest BCUT2D eigenvalue weighted by Crippen LogP contribution is -2.22. The predicted octanol–water partition coefficient (Wildman–Crippen LogP) is 3.49. The van der Waals surface area contributed by atoms with Crippen molar-refractivity contribution in [1.29, 1.82) is 0 Å². The molecule has 1 aliphatic rings. The number of carbonyl (C=O) groups excluding carboxylic acids is 1. The average molecular weight is 348 g/mol. The number of nitrogens with zero attached hydrogens (tertiary/aromatic N) is 2. The van der Waals surface area contributed by atoms with Crippen LogP contribution in [-0.4, -0.2) is 15.9 Å². The first-order valence-corrected chi connectivity index (χ1v) is 8.74. The van der Waals surface area contributed by atoms with Crippen molar-refractivity contribution < 1.29 is 9.21 Å². The van der Waals surface area contributed by atoms with Crippen LogP contribution < -0.4 is 10.6 Å². The van der Waals surface area contributed by atoms with Crippen molar-refractivity contribution >= 4 is 11.7 Å². The summed E-state index contributed by atoms with van der Waals surface area (Å²) in [4.78, 5) is 21.2. The van der Waals surface area contributed by atoms with Gasteiger partial charge in [0.25, 0.3) is 5.91 Å². The molecule has 6 heteroatoms. The van der Waals surface area contributed by atoms with Crippen molar-refractivity contribution in [2.24, 2.45) is 0 Å². The highest BCUT2D eigenvalue weighted by Gasteiger charge is 2.26. The zero-order valence-corrected chi connectivity index (χ0v) is 14.3. The summed E-state index contributed by atoms with van der Waals surface area (Å²) in [5.41, 5.74) is 1.64. The number of hydrogen-bond donors (Lipinski definition) is 2. The highest BCUT2D eigenvalue weighted by molar-refractivity contribution is 5.94. The molecule has 1 amide bonds. The lowest BCUT2D eigenvalue weighted by atomic mass is 10.1. The number of anilines is 1. The van der Waals surface area contributed by atoms with Crippen molar-refractivity contribution in [2.45, 2.75) is 31.8 Å². The van der Waals surface area contributed by atoms with Crippen LogP contribution in [0.1, 0.15) is 46.3 Å². The molecule has 0 spiro atoms. The van der Waals surface area contributed by atoms with Gasteiger partial charge in [-0.2, -0.15) is 0 Å². The van der Waals surface area contributed by atoms with E-state index in [9.17, 15) is 4.79 Å². The van der Waals surface area contributed by atoms with E-state index in [0.717, 1.165) is 23.0 Å². The van der Waals surface area contributed by atoms with Gasteiger partial charge < -0.3 is 15.1 Å². The quantitative estimate of drug-likeness (QED) is 0.683. The third kappa shape index (κ3) is 4.08. The molecule has 2 N–H and O–H groups in total. The third-order valence-corrected chi connectivity index (χ3v) is 4.28. The van der Waals surface area contributed by atoms with E-state index in [1.165, 1.54) is 12.8 Å². The van der Waals surface area contributed by atoms with E-state index in [4.69, 9.17) is 4.42 Å². The molecule has 0 aliphatic heterocycles. The number of amides is 1. The number of rotatable bonds is 7. The maximum Gasteiger partial charge on any atom is 0.251 e. The minimum absolute atomic E-state index is 0.124. The van der Waals surface area contributed by atoms with Crippen LogP contribution in [0.4, 0.5) is 5.82 Å². The van der Waals surface area contributed by atoms with Crippen molar-refractivity contribution in [2.75, 3.05) is 5.32 Å². The standard InChI is InChI=1S/C20H20N4O2/c25-20(23-13-17-5-2-10-26-17)16-4-1-3-14(11-16)12-22-18-8-9-21-19(24-18)15-6-7-15/h1-5,8-11,15H,6-7,12-13H2,(H,23,25)(H,21,22,24). The van der Waals surface area contributed by atoms with Gasteiger partial charge in [0, 0.05) is 24.2 Å². The smallest absolute Gasteiger partial charge is 0.251 e. The second-order valence-corrected chi connectivity index (χ2v) is 6.39. The van der Waals surface area contributed by atoms with Crippen LogP contribution in [0.3, 0.4) is 0 Å². The summed E-state index contributed by atoms with van der Waals surface area (Å²) in [6, 6.07) is 13.1. The Labute approximate surface area is 151 Å². The van der Waals surface area contributed by atoms with Gasteiger partial charge in [0.15, 0.2) is 0 Å². The van der Waals surface area contributed by atoms with Crippen LogP contribution in [0, 0.1) is 0 Å². The second-order valence-electron chi connectivity index (χ2n) is 6.39. The van der Waals surface area contributed by atoms with Gasteiger partial charge in [-0.15, -0.1) is 0 Å². The molecule has 1 aromatic carbocycles. The van der Waals surface area contributed by atoms with Crippen LogP contribution in [0.15, 0.2) is 59.3 Å². The van der Waals surface area contributed by atoms with Gasteiger partial charge in [-0.1, -0.05) is 12.1 Å². The predicted molar refractivity (Wildman–Crippen MR) is 97.7 cm³/mol. The summed E-state index contributed by atoms with van der Waals surface area (Å²) in [6.45, 7) is 0.972. The van der Waals surface area contributed by atoms with Gasteiger partial charge in [0.1, 0.15) is 17.4 Å². The number of aromatic nitrogens is 2. The van der Waals surface area contributed by atoms with Gasteiger partial charge in [0.2, 0.25) is 0 Å². The maximum atomic E-state index is 12.3. The van der Waals surface area contributed by atoms with E-state index in [-0.39, 0.29) is 5.91 Å². The van der Waals surface area contributed by atoms with Crippen LogP contribution in [0.25, 0.3) is 0 Å². The molecular formula is C20H20N4O2. The van der Waals surface area contributed by atoms with E-state index < -0.39 is 0 Å². The van der Waals surface area contributed by atoms with Gasteiger partial charge in [-0.3, -0.25) is 4.79 Å². The molecule has 2 heterocycles. The molecule has 6 nitrogen and oxygen atoms in total. The van der Waals surface area contributed by atoms with E-state index in [2.05, 4.69) is 20.6 Å². The Balaban J connectivity index is 1.36. The van der Waals surface area contributed by atoms with E-state index in [1.54, 1.807) is 24.6 Å². The van der Waals surface area contributed by atoms with E-state index in [1.807, 2.05) is 30.3 Å². The van der Waals surface area contributed by atoms with E-state index in [0.29, 0.717) is 24.6 Å². The molecule has 0 bridgehead atoms. The Morgan fingerprint density at radius 2 is 2.08 bits per heavy atom. The van der Waals surface area contributed by atoms with Crippen LogP contribution in [0.2, 0.25) is 0 Å². The first-order chi connectivity index (χ1) is 12.8. The van der Waals surface area contributed by atoms with Crippen molar-refractivity contribution in [3.8, 4) is 0 Å². The van der Waals surface area contributed by atoms with E-state index >= 15 is 0 Å². The SMILES string of the molecule is O=C(NCc1ccco1)c1cccc(CNc2ccnc(C3CC3)n2)c1. The molecule has 1 fully saturated rings. The molecule has 3 aromatic rings. The Kier molecular flexibility index (Phi) is 4.64. The first-order valence-electron chi connectivity index (χ1n) is 8.74. The van der Waals surface area contributed by atoms with Crippen molar-refractivity contribution in [3.63, 3.8) is 0 Å². The minimum atomic E-state index is -0.124. The van der Waals surface area contributed by atoms with Crippen molar-refractivity contribution in [3.05, 3.63) is 77.6 Å². The topological polar surface area (TPSA) is 80.0 Å². The number of benzene rings is 1. The molecule has 26 heavy (non-hydrogen) atoms. The van der Waals surface area contributed by atoms with Crippen molar-refractivity contribution in [1.82, 2.24) is 15.3 Å². The zero-order chi connectivity index (χ0) is 17.8. The summed E-state index contributed by atoms with van der Waals surface area (Å²) in [5.74, 6) is 2.86. The monoisotopic (exact) mass is 348 g/mol. The average Bonchev–Trinajstić information content (AvgIpc) is 3.41. The Bertz CT molecular complexity index is 888. The molecule has 1 aliphatic carbocycles. The second kappa shape index (κ2) is 7.39. The Morgan fingerprint density at radius 1 is 1.15 bits per heavy atom. The fourth-order valence-electron chi connectivity index (χ4n) is 2.71. The lowest BCUT2D eigenvalue weighted by molar-refractivity contribution is 0.0948. The molecule has 4 rings (SSSR count). The largest absolute Gasteiger partial charge is 0.467 e. The zero-order valence-electron chi connectivity index (χ0n) is 14.3. The van der Waals surface area contributed by atoms with Gasteiger partial charge in [-0.05, 0) is 48.7 Å². The minimum Gasteiger partial charge on any atom is -0.467 e. The number of hydrogen-bond acceptors (Lipinski definition) is 5. The van der Waals surface area contributed by atoms with Gasteiger partial charge in [-0.25, -0.2) is 9.97 Å². The molecule has 0 atom stereocenters. The molecule has 0 saturated heterocycles. The summed E-state index contributed by atoms with van der Waals surface area (Å²) in [6.07, 6.45) is 5.74. The van der Waals surface area contributed by atoms with Gasteiger partial charge in [0.05, 0.1) is 12.8 Å². The lowest BCUT2D eigenvalue weighted by Gasteiger charge is -2.09. The normalized spacial score (nSPS) is 13.4. The highest BCUT2D eigenvalue weighted by atomic mass is 16.3. The summed E-state index contributed by atoms with van der Waals surface area (Å²) < 4.78 is 5.23. The first kappa shape index (κ1) is 16.3. The fourth-order valence-corrected chi connectivity index (χ4v) is 2.71. The number of nitrogens with one attached hydrogen (secondary N) is 2. The molecule has 0 unspecified atom stereocenters. The molecule has 132 valence electrons. The van der Waals surface area contributed by atoms with Crippen LogP contribution in [0.5, 0.6) is 0 Å². The summed E-state index contributed by atoms with van der Waals surface area (Å²) in [5, 5.41) is 6.16. The Hall–Kier alpha value is -3.15. The molecule has 2 aromatic heterocycles. The number of furan rings is 1. The summed E-state index contributed by atoms with van der Waals surface area (Å²) in [7, 11) is 0. The molecular weight excluding hydrogens is 328 g/mol. The summed E-state index contributed by atoms with van der Waals surface area (Å²) >= 11 is 0. The number of carbonyl (C=O) groups is 1. The third-order valence-electron chi connectivity index (χ3n) is 4.28. The molecule has 1 saturated carbocycles. The van der Waals surface area contributed by atoms with Gasteiger partial charge >= 0.3 is 0 Å². The van der Waals surface area contributed by atoms with Crippen LogP contribution >= 0.6 is 0 Å². The maximum absolute atomic E-state index is 12.3. The highest BCUT2D eigenvalue weighted by Crippen LogP contribution is 2.38. The fraction of sp³-hybridized carbons (Fsp3) is 0.250. The van der Waals surface area contributed by atoms with Crippen LogP contribution in [-0.2, 0) is 13.1 Å².